The molecule has 2 rings (SSSR count). The van der Waals surface area contributed by atoms with E-state index in [-0.39, 0.29) is 10.4 Å². The van der Waals surface area contributed by atoms with Gasteiger partial charge in [-0.2, -0.15) is 0 Å². The minimum absolute atomic E-state index is 0.0684. The largest absolute Gasteiger partial charge is 0.387 e. The minimum Gasteiger partial charge on any atom is -0.387 e. The van der Waals surface area contributed by atoms with Crippen molar-refractivity contribution in [1.82, 2.24) is 0 Å². The van der Waals surface area contributed by atoms with Gasteiger partial charge in [-0.3, -0.25) is 4.79 Å². The van der Waals surface area contributed by atoms with Gasteiger partial charge in [0.05, 0.1) is 6.10 Å². The van der Waals surface area contributed by atoms with Crippen LogP contribution in [0, 0.1) is 0 Å². The molecule has 134 valence electrons. The van der Waals surface area contributed by atoms with Gasteiger partial charge in [0.1, 0.15) is 0 Å². The zero-order chi connectivity index (χ0) is 18.4. The summed E-state index contributed by atoms with van der Waals surface area (Å²) >= 11 is 1.24. The average Bonchev–Trinajstić information content (AvgIpc) is 2.66. The molecule has 0 saturated heterocycles. The number of aliphatic hydroxyl groups is 1. The molecule has 0 aliphatic heterocycles. The van der Waals surface area contributed by atoms with Crippen LogP contribution in [0.15, 0.2) is 42.5 Å². The predicted molar refractivity (Wildman–Crippen MR) is 107 cm³/mol. The van der Waals surface area contributed by atoms with Crippen LogP contribution in [-0.2, 0) is 19.3 Å². The Balaban J connectivity index is 2.25. The fourth-order valence-electron chi connectivity index (χ4n) is 3.08. The molecule has 3 heteroatoms. The Labute approximate surface area is 155 Å². The molecule has 0 heterocycles. The van der Waals surface area contributed by atoms with Gasteiger partial charge in [0.25, 0.3) is 0 Å². The first-order valence-electron chi connectivity index (χ1n) is 9.10. The van der Waals surface area contributed by atoms with Crippen LogP contribution in [-0.4, -0.2) is 15.5 Å². The zero-order valence-corrected chi connectivity index (χ0v) is 16.4. The van der Waals surface area contributed by atoms with Crippen molar-refractivity contribution in [3.63, 3.8) is 0 Å². The first kappa shape index (κ1) is 19.7. The number of carbonyl (C=O) groups excluding carboxylic acids is 1. The fourth-order valence-corrected chi connectivity index (χ4v) is 4.08. The maximum atomic E-state index is 13.0. The van der Waals surface area contributed by atoms with Crippen LogP contribution in [0.4, 0.5) is 0 Å². The molecule has 1 N–H and O–H groups in total. The lowest BCUT2D eigenvalue weighted by Gasteiger charge is -2.20. The molecule has 0 aromatic heterocycles. The molecule has 25 heavy (non-hydrogen) atoms. The van der Waals surface area contributed by atoms with Gasteiger partial charge in [-0.05, 0) is 48.4 Å². The summed E-state index contributed by atoms with van der Waals surface area (Å²) in [5.41, 5.74) is 5.22. The van der Waals surface area contributed by atoms with E-state index in [9.17, 15) is 9.90 Å². The third-order valence-corrected chi connectivity index (χ3v) is 5.66. The quantitative estimate of drug-likeness (QED) is 0.725. The van der Waals surface area contributed by atoms with E-state index in [0.717, 1.165) is 41.5 Å². The Bertz CT molecular complexity index is 684. The summed E-state index contributed by atoms with van der Waals surface area (Å²) in [4.78, 5) is 13.0. The van der Waals surface area contributed by atoms with Gasteiger partial charge in [-0.1, -0.05) is 75.0 Å². The van der Waals surface area contributed by atoms with Gasteiger partial charge in [-0.15, -0.1) is 0 Å². The van der Waals surface area contributed by atoms with Crippen molar-refractivity contribution in [3.05, 3.63) is 70.3 Å². The Morgan fingerprint density at radius 3 is 2.04 bits per heavy atom. The number of aryl methyl sites for hydroxylation is 3. The normalized spacial score (nSPS) is 13.5. The van der Waals surface area contributed by atoms with Crippen LogP contribution in [0.2, 0.25) is 0 Å². The van der Waals surface area contributed by atoms with E-state index < -0.39 is 6.10 Å². The lowest BCUT2D eigenvalue weighted by Crippen LogP contribution is -2.15. The highest BCUT2D eigenvalue weighted by Gasteiger charge is 2.23. The van der Waals surface area contributed by atoms with Crippen molar-refractivity contribution < 1.29 is 9.90 Å². The standard InChI is InChI=1S/C22H28O2S/c1-5-16-13-17(6-2)20(18(7-3)14-16)22(24)25-15(4)21(23)19-11-9-8-10-12-19/h8-15,21,23H,5-7H2,1-4H3. The lowest BCUT2D eigenvalue weighted by atomic mass is 9.94. The van der Waals surface area contributed by atoms with E-state index in [1.54, 1.807) is 0 Å². The Morgan fingerprint density at radius 2 is 1.56 bits per heavy atom. The lowest BCUT2D eigenvalue weighted by molar-refractivity contribution is 0.108. The Hall–Kier alpha value is -1.58. The molecule has 0 radical (unpaired) electrons. The number of thioether (sulfide) groups is 1. The monoisotopic (exact) mass is 356 g/mol. The fraction of sp³-hybridized carbons (Fsp3) is 0.409. The van der Waals surface area contributed by atoms with Gasteiger partial charge in [0.2, 0.25) is 5.12 Å². The smallest absolute Gasteiger partial charge is 0.220 e. The first-order valence-corrected chi connectivity index (χ1v) is 9.98. The summed E-state index contributed by atoms with van der Waals surface area (Å²) < 4.78 is 0. The van der Waals surface area contributed by atoms with Crippen molar-refractivity contribution in [2.45, 2.75) is 58.3 Å². The number of aliphatic hydroxyl groups excluding tert-OH is 1. The third kappa shape index (κ3) is 4.74. The average molecular weight is 357 g/mol. The van der Waals surface area contributed by atoms with Crippen LogP contribution in [0.3, 0.4) is 0 Å². The zero-order valence-electron chi connectivity index (χ0n) is 15.6. The van der Waals surface area contributed by atoms with Crippen LogP contribution in [0.25, 0.3) is 0 Å². The molecule has 0 saturated carbocycles. The Morgan fingerprint density at radius 1 is 1.00 bits per heavy atom. The summed E-state index contributed by atoms with van der Waals surface area (Å²) in [5.74, 6) is 0. The minimum atomic E-state index is -0.653. The van der Waals surface area contributed by atoms with Crippen molar-refractivity contribution in [3.8, 4) is 0 Å². The molecule has 0 spiro atoms. The van der Waals surface area contributed by atoms with Crippen LogP contribution in [0.5, 0.6) is 0 Å². The molecule has 0 amide bonds. The summed E-state index contributed by atoms with van der Waals surface area (Å²) in [6.07, 6.45) is 2.02. The van der Waals surface area contributed by atoms with Gasteiger partial charge in [0, 0.05) is 10.8 Å². The SMILES string of the molecule is CCc1cc(CC)c(C(=O)SC(C)C(O)c2ccccc2)c(CC)c1. The molecule has 2 aromatic carbocycles. The summed E-state index contributed by atoms with van der Waals surface area (Å²) in [6, 6.07) is 13.9. The molecule has 2 nitrogen and oxygen atoms in total. The van der Waals surface area contributed by atoms with Gasteiger partial charge in [0.15, 0.2) is 0 Å². The van der Waals surface area contributed by atoms with Crippen molar-refractivity contribution >= 4 is 16.9 Å². The molecule has 0 bridgehead atoms. The van der Waals surface area contributed by atoms with E-state index in [4.69, 9.17) is 0 Å². The van der Waals surface area contributed by atoms with E-state index in [0.29, 0.717) is 0 Å². The second-order valence-electron chi connectivity index (χ2n) is 6.32. The topological polar surface area (TPSA) is 37.3 Å². The molecular formula is C22H28O2S. The molecule has 2 unspecified atom stereocenters. The molecular weight excluding hydrogens is 328 g/mol. The van der Waals surface area contributed by atoms with E-state index in [1.807, 2.05) is 37.3 Å². The van der Waals surface area contributed by atoms with Gasteiger partial charge in [-0.25, -0.2) is 0 Å². The summed E-state index contributed by atoms with van der Waals surface area (Å²) in [6.45, 7) is 8.25. The molecule has 2 atom stereocenters. The number of benzene rings is 2. The van der Waals surface area contributed by atoms with Gasteiger partial charge >= 0.3 is 0 Å². The van der Waals surface area contributed by atoms with Crippen molar-refractivity contribution in [2.24, 2.45) is 0 Å². The van der Waals surface area contributed by atoms with Crippen LogP contribution in [0.1, 0.15) is 66.4 Å². The molecule has 2 aromatic rings. The number of hydrogen-bond acceptors (Lipinski definition) is 3. The molecule has 0 fully saturated rings. The second-order valence-corrected chi connectivity index (χ2v) is 7.67. The number of hydrogen-bond donors (Lipinski definition) is 1. The highest BCUT2D eigenvalue weighted by molar-refractivity contribution is 8.14. The third-order valence-electron chi connectivity index (χ3n) is 4.61. The highest BCUT2D eigenvalue weighted by atomic mass is 32.2. The first-order chi connectivity index (χ1) is 12.0. The predicted octanol–water partition coefficient (Wildman–Crippen LogP) is 5.37. The van der Waals surface area contributed by atoms with E-state index in [1.165, 1.54) is 17.3 Å². The number of rotatable bonds is 7. The second kappa shape index (κ2) is 9.21. The molecule has 0 aliphatic carbocycles. The van der Waals surface area contributed by atoms with Crippen LogP contribution < -0.4 is 0 Å². The molecule has 0 aliphatic rings. The van der Waals surface area contributed by atoms with E-state index >= 15 is 0 Å². The summed E-state index contributed by atoms with van der Waals surface area (Å²) in [5, 5.41) is 10.4. The summed E-state index contributed by atoms with van der Waals surface area (Å²) in [7, 11) is 0. The highest BCUT2D eigenvalue weighted by Crippen LogP contribution is 2.31. The van der Waals surface area contributed by atoms with Crippen molar-refractivity contribution in [1.29, 1.82) is 0 Å². The van der Waals surface area contributed by atoms with Gasteiger partial charge < -0.3 is 5.11 Å². The number of carbonyl (C=O) groups is 1. The Kier molecular flexibility index (Phi) is 7.27. The van der Waals surface area contributed by atoms with E-state index in [2.05, 4.69) is 32.9 Å². The maximum absolute atomic E-state index is 13.0. The van der Waals surface area contributed by atoms with Crippen LogP contribution >= 0.6 is 11.8 Å². The van der Waals surface area contributed by atoms with Crippen molar-refractivity contribution in [2.75, 3.05) is 0 Å². The maximum Gasteiger partial charge on any atom is 0.220 e.